The summed E-state index contributed by atoms with van der Waals surface area (Å²) >= 11 is 0. The van der Waals surface area contributed by atoms with Gasteiger partial charge in [0.1, 0.15) is 0 Å². The number of aliphatic hydroxyl groups excluding tert-OH is 2. The van der Waals surface area contributed by atoms with Crippen molar-refractivity contribution in [2.24, 2.45) is 0 Å². The highest BCUT2D eigenvalue weighted by atomic mass is 16.5. The number of aliphatic hydroxyl groups is 2. The molecule has 2 atom stereocenters. The molecule has 0 spiro atoms. The van der Waals surface area contributed by atoms with Crippen LogP contribution in [0.5, 0.6) is 0 Å². The number of ether oxygens (including phenoxy) is 1. The number of esters is 1. The molecular formula is C78H153NO5. The lowest BCUT2D eigenvalue weighted by Gasteiger charge is -2.22. The summed E-state index contributed by atoms with van der Waals surface area (Å²) in [7, 11) is 0. The van der Waals surface area contributed by atoms with Crippen LogP contribution in [0.15, 0.2) is 12.2 Å². The second kappa shape index (κ2) is 74.1. The summed E-state index contributed by atoms with van der Waals surface area (Å²) in [5.74, 6) is -0.00880. The molecule has 0 aliphatic heterocycles. The molecule has 0 rings (SSSR count). The Morgan fingerprint density at radius 2 is 0.560 bits per heavy atom. The van der Waals surface area contributed by atoms with E-state index in [0.717, 1.165) is 38.5 Å². The van der Waals surface area contributed by atoms with E-state index in [2.05, 4.69) is 31.3 Å². The first-order chi connectivity index (χ1) is 41.5. The van der Waals surface area contributed by atoms with Crippen molar-refractivity contribution in [1.82, 2.24) is 5.32 Å². The van der Waals surface area contributed by atoms with Crippen LogP contribution >= 0.6 is 0 Å². The van der Waals surface area contributed by atoms with Gasteiger partial charge < -0.3 is 20.3 Å². The Hall–Kier alpha value is -1.40. The van der Waals surface area contributed by atoms with Gasteiger partial charge in [-0.2, -0.15) is 0 Å². The van der Waals surface area contributed by atoms with Crippen LogP contribution in [0.4, 0.5) is 0 Å². The third kappa shape index (κ3) is 69.7. The van der Waals surface area contributed by atoms with Crippen molar-refractivity contribution in [3.8, 4) is 0 Å². The third-order valence-electron chi connectivity index (χ3n) is 18.6. The average Bonchev–Trinajstić information content (AvgIpc) is 3.53. The molecule has 3 N–H and O–H groups in total. The Labute approximate surface area is 527 Å². The molecule has 0 bridgehead atoms. The summed E-state index contributed by atoms with van der Waals surface area (Å²) in [5.41, 5.74) is 0. The maximum Gasteiger partial charge on any atom is 0.305 e. The Morgan fingerprint density at radius 3 is 0.845 bits per heavy atom. The van der Waals surface area contributed by atoms with Gasteiger partial charge in [0.2, 0.25) is 5.91 Å². The van der Waals surface area contributed by atoms with Crippen LogP contribution in [-0.2, 0) is 14.3 Å². The molecule has 0 saturated carbocycles. The van der Waals surface area contributed by atoms with Gasteiger partial charge in [-0.3, -0.25) is 9.59 Å². The highest BCUT2D eigenvalue weighted by molar-refractivity contribution is 5.76. The number of hydrogen-bond acceptors (Lipinski definition) is 5. The molecule has 0 radical (unpaired) electrons. The molecule has 0 aromatic carbocycles. The summed E-state index contributed by atoms with van der Waals surface area (Å²) in [6.07, 6.45) is 92.9. The van der Waals surface area contributed by atoms with E-state index >= 15 is 0 Å². The van der Waals surface area contributed by atoms with E-state index < -0.39 is 12.1 Å². The summed E-state index contributed by atoms with van der Waals surface area (Å²) in [5, 5.41) is 23.5. The van der Waals surface area contributed by atoms with Crippen LogP contribution in [-0.4, -0.2) is 47.4 Å². The van der Waals surface area contributed by atoms with Crippen molar-refractivity contribution in [3.05, 3.63) is 12.2 Å². The first-order valence-corrected chi connectivity index (χ1v) is 38.9. The Bertz CT molecular complexity index is 1270. The van der Waals surface area contributed by atoms with E-state index in [9.17, 15) is 19.8 Å². The van der Waals surface area contributed by atoms with Gasteiger partial charge in [-0.05, 0) is 51.4 Å². The fourth-order valence-corrected chi connectivity index (χ4v) is 12.6. The molecule has 500 valence electrons. The molecule has 0 heterocycles. The molecule has 0 fully saturated rings. The largest absolute Gasteiger partial charge is 0.466 e. The zero-order valence-electron chi connectivity index (χ0n) is 57.4. The van der Waals surface area contributed by atoms with Gasteiger partial charge >= 0.3 is 5.97 Å². The number of rotatable bonds is 74. The normalized spacial score (nSPS) is 12.5. The molecule has 1 amide bonds. The van der Waals surface area contributed by atoms with Crippen molar-refractivity contribution < 1.29 is 24.5 Å². The fourth-order valence-electron chi connectivity index (χ4n) is 12.6. The minimum absolute atomic E-state index is 0.0201. The molecule has 0 aromatic rings. The second-order valence-corrected chi connectivity index (χ2v) is 27.0. The molecule has 0 aliphatic carbocycles. The van der Waals surface area contributed by atoms with Crippen LogP contribution in [0, 0.1) is 0 Å². The standard InChI is InChI=1S/C78H153NO5/c1-3-5-7-9-11-13-15-17-19-20-21-22-23-30-33-36-39-43-46-50-54-58-62-66-70-76(81)75(74-80)79-77(82)71-67-63-59-55-51-47-44-40-37-34-31-28-26-24-25-27-29-32-35-38-41-45-49-53-57-61-65-69-73-84-78(83)72-68-64-60-56-52-48-42-18-16-14-12-10-8-6-4-2/h24-25,75-76,80-81H,3-23,26-74H2,1-2H3,(H,79,82)/b25-24-. The lowest BCUT2D eigenvalue weighted by molar-refractivity contribution is -0.143. The van der Waals surface area contributed by atoms with Gasteiger partial charge in [0.15, 0.2) is 0 Å². The first kappa shape index (κ1) is 82.6. The Morgan fingerprint density at radius 1 is 0.321 bits per heavy atom. The van der Waals surface area contributed by atoms with Crippen LogP contribution in [0.25, 0.3) is 0 Å². The number of carbonyl (C=O) groups is 2. The fraction of sp³-hybridized carbons (Fsp3) is 0.949. The number of hydrogen-bond donors (Lipinski definition) is 3. The smallest absolute Gasteiger partial charge is 0.305 e. The summed E-state index contributed by atoms with van der Waals surface area (Å²) < 4.78 is 5.50. The molecule has 0 aromatic heterocycles. The second-order valence-electron chi connectivity index (χ2n) is 27.0. The number of unbranched alkanes of at least 4 members (excludes halogenated alkanes) is 61. The van der Waals surface area contributed by atoms with Crippen molar-refractivity contribution in [3.63, 3.8) is 0 Å². The van der Waals surface area contributed by atoms with E-state index in [1.807, 2.05) is 0 Å². The monoisotopic (exact) mass is 1180 g/mol. The molecule has 6 heteroatoms. The van der Waals surface area contributed by atoms with E-state index in [1.165, 1.54) is 379 Å². The Balaban J connectivity index is 3.37. The van der Waals surface area contributed by atoms with E-state index in [0.29, 0.717) is 25.9 Å². The molecule has 84 heavy (non-hydrogen) atoms. The van der Waals surface area contributed by atoms with E-state index in [4.69, 9.17) is 4.74 Å². The van der Waals surface area contributed by atoms with Crippen LogP contribution in [0.1, 0.15) is 450 Å². The van der Waals surface area contributed by atoms with Crippen molar-refractivity contribution in [2.75, 3.05) is 13.2 Å². The van der Waals surface area contributed by atoms with Gasteiger partial charge in [0.25, 0.3) is 0 Å². The number of amides is 1. The highest BCUT2D eigenvalue weighted by Gasteiger charge is 2.20. The summed E-state index contributed by atoms with van der Waals surface area (Å²) in [4.78, 5) is 24.7. The van der Waals surface area contributed by atoms with E-state index in [-0.39, 0.29) is 18.5 Å². The summed E-state index contributed by atoms with van der Waals surface area (Å²) in [6, 6.07) is -0.542. The molecule has 0 saturated heterocycles. The zero-order chi connectivity index (χ0) is 60.6. The van der Waals surface area contributed by atoms with Crippen molar-refractivity contribution in [1.29, 1.82) is 0 Å². The van der Waals surface area contributed by atoms with Gasteiger partial charge in [-0.1, -0.05) is 398 Å². The quantitative estimate of drug-likeness (QED) is 0.0320. The lowest BCUT2D eigenvalue weighted by Crippen LogP contribution is -2.45. The van der Waals surface area contributed by atoms with Gasteiger partial charge in [-0.15, -0.1) is 0 Å². The lowest BCUT2D eigenvalue weighted by atomic mass is 10.0. The first-order valence-electron chi connectivity index (χ1n) is 38.9. The average molecular weight is 1190 g/mol. The van der Waals surface area contributed by atoms with Gasteiger partial charge in [0, 0.05) is 12.8 Å². The highest BCUT2D eigenvalue weighted by Crippen LogP contribution is 2.20. The molecule has 2 unspecified atom stereocenters. The molecule has 6 nitrogen and oxygen atoms in total. The SMILES string of the molecule is CCCCCCCCCCCCCCCCCCCCCCCCCCC(O)C(CO)NC(=O)CCCCCCCCCCCCCC/C=C\CCCCCCCCCCCCCCOC(=O)CCCCCCCCCCCCCCCCC. The number of nitrogens with one attached hydrogen (secondary N) is 1. The molecule has 0 aliphatic rings. The zero-order valence-corrected chi connectivity index (χ0v) is 57.4. The Kier molecular flexibility index (Phi) is 72.8. The van der Waals surface area contributed by atoms with E-state index in [1.54, 1.807) is 0 Å². The van der Waals surface area contributed by atoms with Crippen molar-refractivity contribution in [2.45, 2.75) is 463 Å². The van der Waals surface area contributed by atoms with Gasteiger partial charge in [0.05, 0.1) is 25.4 Å². The molecular weight excluding hydrogens is 1030 g/mol. The predicted molar refractivity (Wildman–Crippen MR) is 370 cm³/mol. The minimum atomic E-state index is -0.665. The predicted octanol–water partition coefficient (Wildman–Crippen LogP) is 25.5. The summed E-state index contributed by atoms with van der Waals surface area (Å²) in [6.45, 7) is 5.01. The topological polar surface area (TPSA) is 95.9 Å². The van der Waals surface area contributed by atoms with Crippen molar-refractivity contribution >= 4 is 11.9 Å². The van der Waals surface area contributed by atoms with Crippen LogP contribution in [0.3, 0.4) is 0 Å². The third-order valence-corrected chi connectivity index (χ3v) is 18.6. The van der Waals surface area contributed by atoms with Gasteiger partial charge in [-0.25, -0.2) is 0 Å². The maximum atomic E-state index is 12.6. The minimum Gasteiger partial charge on any atom is -0.466 e. The number of carbonyl (C=O) groups excluding carboxylic acids is 2. The van der Waals surface area contributed by atoms with Crippen LogP contribution < -0.4 is 5.32 Å². The van der Waals surface area contributed by atoms with Crippen LogP contribution in [0.2, 0.25) is 0 Å². The number of allylic oxidation sites excluding steroid dienone is 2. The maximum absolute atomic E-state index is 12.6.